The van der Waals surface area contributed by atoms with Crippen LogP contribution >= 0.6 is 0 Å². The van der Waals surface area contributed by atoms with Crippen LogP contribution < -0.4 is 5.32 Å². The molecule has 178 valence electrons. The molecule has 1 saturated carbocycles. The Morgan fingerprint density at radius 3 is 2.69 bits per heavy atom. The first kappa shape index (κ1) is 21.3. The molecule has 1 aromatic heterocycles. The van der Waals surface area contributed by atoms with Crippen LogP contribution in [0.15, 0.2) is 53.5 Å². The average Bonchev–Trinajstić information content (AvgIpc) is 3.51. The summed E-state index contributed by atoms with van der Waals surface area (Å²) in [6, 6.07) is 14.2. The molecule has 2 unspecified atom stereocenters. The third-order valence-electron chi connectivity index (χ3n) is 6.66. The molecule has 3 heterocycles. The van der Waals surface area contributed by atoms with E-state index >= 15 is 0 Å². The number of aromatic amines is 1. The number of esters is 1. The van der Waals surface area contributed by atoms with Gasteiger partial charge in [0.1, 0.15) is 11.7 Å². The molecule has 2 aliphatic heterocycles. The molecule has 10 nitrogen and oxygen atoms in total. The molecule has 3 aromatic rings. The molecule has 1 aliphatic carbocycles. The number of urea groups is 1. The Bertz CT molecular complexity index is 1360. The van der Waals surface area contributed by atoms with E-state index in [0.29, 0.717) is 41.2 Å². The zero-order chi connectivity index (χ0) is 24.1. The number of rotatable bonds is 6. The third-order valence-corrected chi connectivity index (χ3v) is 6.66. The van der Waals surface area contributed by atoms with Crippen LogP contribution in [0.2, 0.25) is 0 Å². The molecule has 0 bridgehead atoms. The van der Waals surface area contributed by atoms with E-state index in [-0.39, 0.29) is 18.0 Å². The van der Waals surface area contributed by atoms with Crippen molar-refractivity contribution in [3.63, 3.8) is 0 Å². The number of aliphatic imine (C=N–C) groups is 1. The van der Waals surface area contributed by atoms with Crippen molar-refractivity contribution in [2.45, 2.75) is 44.1 Å². The molecule has 0 radical (unpaired) electrons. The summed E-state index contributed by atoms with van der Waals surface area (Å²) >= 11 is 0. The summed E-state index contributed by atoms with van der Waals surface area (Å²) in [7, 11) is 1.34. The third kappa shape index (κ3) is 3.80. The Morgan fingerprint density at radius 1 is 1.14 bits per heavy atom. The van der Waals surface area contributed by atoms with Crippen LogP contribution in [-0.4, -0.2) is 68.9 Å². The summed E-state index contributed by atoms with van der Waals surface area (Å²) in [6.07, 6.45) is 1.63. The molecule has 6 rings (SSSR count). The normalized spacial score (nSPS) is 21.7. The highest BCUT2D eigenvalue weighted by Crippen LogP contribution is 2.36. The number of nitrogens with zero attached hydrogens (tertiary/aromatic N) is 4. The smallest absolute Gasteiger partial charge is 0.337 e. The Morgan fingerprint density at radius 2 is 1.94 bits per heavy atom. The molecular weight excluding hydrogens is 448 g/mol. The first-order valence-corrected chi connectivity index (χ1v) is 11.6. The van der Waals surface area contributed by atoms with Crippen molar-refractivity contribution in [1.29, 1.82) is 0 Å². The predicted octanol–water partition coefficient (Wildman–Crippen LogP) is 2.22. The molecular formula is C25H24N6O4. The van der Waals surface area contributed by atoms with Gasteiger partial charge in [0, 0.05) is 12.6 Å². The second-order valence-electron chi connectivity index (χ2n) is 9.03. The van der Waals surface area contributed by atoms with E-state index in [2.05, 4.69) is 15.3 Å². The van der Waals surface area contributed by atoms with Gasteiger partial charge in [-0.15, -0.1) is 0 Å². The summed E-state index contributed by atoms with van der Waals surface area (Å²) in [6.45, 7) is 0.480. The van der Waals surface area contributed by atoms with Gasteiger partial charge in [0.2, 0.25) is 0 Å². The number of amidine groups is 1. The number of benzene rings is 2. The fourth-order valence-electron chi connectivity index (χ4n) is 4.87. The van der Waals surface area contributed by atoms with Crippen molar-refractivity contribution < 1.29 is 19.1 Å². The summed E-state index contributed by atoms with van der Waals surface area (Å²) in [5.41, 5.74) is 2.89. The van der Waals surface area contributed by atoms with Gasteiger partial charge in [0.25, 0.3) is 5.91 Å². The Hall–Kier alpha value is -4.21. The lowest BCUT2D eigenvalue weighted by Crippen LogP contribution is -2.65. The highest BCUT2D eigenvalue weighted by atomic mass is 16.5. The Balaban J connectivity index is 1.35. The van der Waals surface area contributed by atoms with Crippen LogP contribution in [0, 0.1) is 0 Å². The monoisotopic (exact) mass is 472 g/mol. The van der Waals surface area contributed by atoms with Gasteiger partial charge < -0.3 is 14.6 Å². The second kappa shape index (κ2) is 8.23. The minimum absolute atomic E-state index is 0.111. The maximum Gasteiger partial charge on any atom is 0.337 e. The van der Waals surface area contributed by atoms with Crippen LogP contribution in [0.5, 0.6) is 0 Å². The van der Waals surface area contributed by atoms with E-state index in [1.54, 1.807) is 23.1 Å². The zero-order valence-corrected chi connectivity index (χ0v) is 19.1. The molecule has 10 heteroatoms. The summed E-state index contributed by atoms with van der Waals surface area (Å²) in [4.78, 5) is 54.1. The molecule has 2 N–H and O–H groups in total. The number of ether oxygens (including phenoxy) is 1. The number of aromatic nitrogens is 2. The largest absolute Gasteiger partial charge is 0.465 e. The molecule has 2 aromatic carbocycles. The van der Waals surface area contributed by atoms with Gasteiger partial charge in [0.15, 0.2) is 12.2 Å². The Kier molecular flexibility index (Phi) is 5.01. The SMILES string of the molecule is COC(=O)c1ccc2nc(CC3=NC4C(C(=O)NC(=O)N4C4CC4)N3Cc3ccccc3)[nH]c2c1. The second-order valence-corrected chi connectivity index (χ2v) is 9.03. The fourth-order valence-corrected chi connectivity index (χ4v) is 4.87. The fraction of sp³-hybridized carbons (Fsp3) is 0.320. The number of carbonyl (C=O) groups is 3. The van der Waals surface area contributed by atoms with Crippen molar-refractivity contribution >= 4 is 34.8 Å². The van der Waals surface area contributed by atoms with Gasteiger partial charge in [-0.25, -0.2) is 19.6 Å². The minimum atomic E-state index is -0.598. The number of nitrogens with one attached hydrogen (secondary N) is 2. The van der Waals surface area contributed by atoms with Crippen molar-refractivity contribution in [2.75, 3.05) is 7.11 Å². The Labute approximate surface area is 201 Å². The molecule has 2 atom stereocenters. The van der Waals surface area contributed by atoms with E-state index in [1.807, 2.05) is 35.2 Å². The first-order chi connectivity index (χ1) is 17.0. The van der Waals surface area contributed by atoms with Crippen molar-refractivity contribution in [3.8, 4) is 0 Å². The van der Waals surface area contributed by atoms with Crippen LogP contribution in [-0.2, 0) is 22.5 Å². The van der Waals surface area contributed by atoms with Gasteiger partial charge in [0.05, 0.1) is 30.1 Å². The quantitative estimate of drug-likeness (QED) is 0.531. The molecule has 1 saturated heterocycles. The van der Waals surface area contributed by atoms with Crippen molar-refractivity contribution in [3.05, 3.63) is 65.5 Å². The highest BCUT2D eigenvalue weighted by Gasteiger charge is 2.53. The van der Waals surface area contributed by atoms with E-state index in [0.717, 1.165) is 18.4 Å². The van der Waals surface area contributed by atoms with Crippen molar-refractivity contribution in [1.82, 2.24) is 25.1 Å². The van der Waals surface area contributed by atoms with Gasteiger partial charge in [-0.1, -0.05) is 30.3 Å². The lowest BCUT2D eigenvalue weighted by Gasteiger charge is -2.38. The average molecular weight is 473 g/mol. The molecule has 3 amide bonds. The minimum Gasteiger partial charge on any atom is -0.465 e. The number of hydrogen-bond acceptors (Lipinski definition) is 7. The number of H-pyrrole nitrogens is 1. The lowest BCUT2D eigenvalue weighted by molar-refractivity contribution is -0.127. The maximum atomic E-state index is 13.0. The maximum absolute atomic E-state index is 13.0. The van der Waals surface area contributed by atoms with Gasteiger partial charge in [-0.3, -0.25) is 15.0 Å². The lowest BCUT2D eigenvalue weighted by atomic mass is 10.1. The number of fused-ring (bicyclic) bond motifs is 2. The van der Waals surface area contributed by atoms with E-state index in [9.17, 15) is 14.4 Å². The first-order valence-electron chi connectivity index (χ1n) is 11.6. The summed E-state index contributed by atoms with van der Waals surface area (Å²) in [5.74, 6) is 0.588. The molecule has 3 aliphatic rings. The number of methoxy groups -OCH3 is 1. The van der Waals surface area contributed by atoms with E-state index in [4.69, 9.17) is 9.73 Å². The van der Waals surface area contributed by atoms with Crippen LogP contribution in [0.1, 0.15) is 34.6 Å². The summed E-state index contributed by atoms with van der Waals surface area (Å²) in [5, 5.41) is 2.53. The van der Waals surface area contributed by atoms with Crippen LogP contribution in [0.3, 0.4) is 0 Å². The molecule has 0 spiro atoms. The number of imidazole rings is 1. The van der Waals surface area contributed by atoms with Gasteiger partial charge in [-0.05, 0) is 36.6 Å². The van der Waals surface area contributed by atoms with Crippen molar-refractivity contribution in [2.24, 2.45) is 4.99 Å². The van der Waals surface area contributed by atoms with Crippen LogP contribution in [0.25, 0.3) is 11.0 Å². The number of carbonyl (C=O) groups excluding carboxylic acids is 3. The zero-order valence-electron chi connectivity index (χ0n) is 19.1. The van der Waals surface area contributed by atoms with Crippen LogP contribution in [0.4, 0.5) is 4.79 Å². The summed E-state index contributed by atoms with van der Waals surface area (Å²) < 4.78 is 4.81. The topological polar surface area (TPSA) is 120 Å². The number of amides is 3. The predicted molar refractivity (Wildman–Crippen MR) is 127 cm³/mol. The van der Waals surface area contributed by atoms with Gasteiger partial charge >= 0.3 is 12.0 Å². The number of imide groups is 1. The van der Waals surface area contributed by atoms with E-state index < -0.39 is 18.2 Å². The van der Waals surface area contributed by atoms with Gasteiger partial charge in [-0.2, -0.15) is 0 Å². The molecule has 35 heavy (non-hydrogen) atoms. The van der Waals surface area contributed by atoms with E-state index in [1.165, 1.54) is 7.11 Å². The molecule has 2 fully saturated rings. The standard InChI is InChI=1S/C25H24N6O4/c1-35-24(33)15-7-10-17-18(11-15)27-19(26-17)12-20-28-22-21(30(20)13-14-5-3-2-4-6-14)23(32)29-25(34)31(22)16-8-9-16/h2-7,10-11,16,21-22H,8-9,12-13H2,1H3,(H,26,27)(H,29,32,34). The number of hydrogen-bond donors (Lipinski definition) is 2. The highest BCUT2D eigenvalue weighted by molar-refractivity contribution is 6.04.